The summed E-state index contributed by atoms with van der Waals surface area (Å²) in [6.45, 7) is 7.07. The Labute approximate surface area is 138 Å². The molecule has 0 amide bonds. The van der Waals surface area contributed by atoms with Gasteiger partial charge in [-0.05, 0) is 6.42 Å². The Morgan fingerprint density at radius 1 is 1.42 bits per heavy atom. The molecule has 0 saturated heterocycles. The third-order valence-corrected chi connectivity index (χ3v) is 4.18. The predicted molar refractivity (Wildman–Crippen MR) is 92.1 cm³/mol. The minimum absolute atomic E-state index is 0.00258. The molecule has 7 nitrogen and oxygen atoms in total. The molecule has 0 aromatic carbocycles. The van der Waals surface area contributed by atoms with E-state index in [0.29, 0.717) is 31.1 Å². The first-order valence-electron chi connectivity index (χ1n) is 8.03. The zero-order chi connectivity index (χ0) is 16.7. The van der Waals surface area contributed by atoms with Crippen LogP contribution in [-0.4, -0.2) is 29.4 Å². The first kappa shape index (κ1) is 14.6. The molecule has 7 heteroatoms. The Hall–Kier alpha value is -2.96. The molecule has 0 N–H and O–H groups in total. The van der Waals surface area contributed by atoms with Gasteiger partial charge in [-0.2, -0.15) is 5.10 Å². The lowest BCUT2D eigenvalue weighted by molar-refractivity contribution is 0.653. The average Bonchev–Trinajstić information content (AvgIpc) is 3.28. The largest absolute Gasteiger partial charge is 0.278 e. The van der Waals surface area contributed by atoms with Gasteiger partial charge in [0.05, 0.1) is 24.0 Å². The maximum Gasteiger partial charge on any atom is 0.260 e. The lowest BCUT2D eigenvalue weighted by Crippen LogP contribution is -2.26. The van der Waals surface area contributed by atoms with E-state index in [-0.39, 0.29) is 5.56 Å². The molecule has 4 rings (SSSR count). The summed E-state index contributed by atoms with van der Waals surface area (Å²) in [7, 11) is 0. The van der Waals surface area contributed by atoms with Crippen LogP contribution in [0, 0.1) is 0 Å². The summed E-state index contributed by atoms with van der Waals surface area (Å²) in [6.07, 6.45) is 10.5. The van der Waals surface area contributed by atoms with Crippen LogP contribution in [-0.2, 0) is 19.5 Å². The van der Waals surface area contributed by atoms with Gasteiger partial charge in [0.15, 0.2) is 0 Å². The summed E-state index contributed by atoms with van der Waals surface area (Å²) >= 11 is 0. The fourth-order valence-corrected chi connectivity index (χ4v) is 3.10. The van der Waals surface area contributed by atoms with Crippen molar-refractivity contribution in [2.75, 3.05) is 0 Å². The van der Waals surface area contributed by atoms with Crippen molar-refractivity contribution in [2.24, 2.45) is 4.99 Å². The monoisotopic (exact) mass is 322 g/mol. The lowest BCUT2D eigenvalue weighted by Gasteiger charge is -2.09. The van der Waals surface area contributed by atoms with Crippen molar-refractivity contribution >= 4 is 17.3 Å². The standard InChI is InChI=1S/C17H18N6O/c1-3-6-21-11-12(10-19-21)14-9-13-15(20-14)22-8-5-18-17(22)23(7-4-2)16(13)24/h3,5,8,10-11H,1,4,6-7,9H2,2H3. The zero-order valence-electron chi connectivity index (χ0n) is 13.5. The van der Waals surface area contributed by atoms with Crippen molar-refractivity contribution in [3.05, 3.63) is 58.9 Å². The van der Waals surface area contributed by atoms with E-state index in [9.17, 15) is 4.79 Å². The summed E-state index contributed by atoms with van der Waals surface area (Å²) in [5, 5.41) is 4.30. The summed E-state index contributed by atoms with van der Waals surface area (Å²) in [4.78, 5) is 21.9. The van der Waals surface area contributed by atoms with Crippen LogP contribution in [0.1, 0.15) is 24.5 Å². The predicted octanol–water partition coefficient (Wildman–Crippen LogP) is 1.97. The Kier molecular flexibility index (Phi) is 3.41. The molecule has 3 aromatic heterocycles. The fraction of sp³-hybridized carbons (Fsp3) is 0.294. The highest BCUT2D eigenvalue weighted by Gasteiger charge is 2.25. The number of aliphatic imine (C=N–C) groups is 1. The second-order valence-electron chi connectivity index (χ2n) is 5.83. The number of rotatable bonds is 5. The molecule has 4 heterocycles. The van der Waals surface area contributed by atoms with Crippen LogP contribution in [0.25, 0.3) is 5.78 Å². The summed E-state index contributed by atoms with van der Waals surface area (Å²) in [6, 6.07) is 0. The van der Waals surface area contributed by atoms with Crippen molar-refractivity contribution < 1.29 is 0 Å². The molecule has 0 atom stereocenters. The van der Waals surface area contributed by atoms with Gasteiger partial charge in [0, 0.05) is 37.1 Å². The topological polar surface area (TPSA) is 69.5 Å². The Morgan fingerprint density at radius 2 is 2.29 bits per heavy atom. The van der Waals surface area contributed by atoms with Crippen molar-refractivity contribution in [1.82, 2.24) is 23.7 Å². The van der Waals surface area contributed by atoms with Gasteiger partial charge in [0.2, 0.25) is 5.78 Å². The van der Waals surface area contributed by atoms with Crippen molar-refractivity contribution in [3.63, 3.8) is 0 Å². The molecule has 0 aliphatic carbocycles. The number of hydrogen-bond donors (Lipinski definition) is 0. The van der Waals surface area contributed by atoms with E-state index in [2.05, 4.69) is 23.6 Å². The van der Waals surface area contributed by atoms with E-state index < -0.39 is 0 Å². The Bertz CT molecular complexity index is 1020. The number of aromatic nitrogens is 5. The number of fused-ring (bicyclic) bond motifs is 3. The SMILES string of the molecule is C=CCn1cc(C2=Nc3c(c(=O)n(CCC)c4nccn34)C2)cn1. The Morgan fingerprint density at radius 3 is 3.08 bits per heavy atom. The van der Waals surface area contributed by atoms with Crippen LogP contribution in [0.4, 0.5) is 5.82 Å². The van der Waals surface area contributed by atoms with E-state index in [4.69, 9.17) is 4.99 Å². The van der Waals surface area contributed by atoms with Gasteiger partial charge in [-0.3, -0.25) is 18.4 Å². The Balaban J connectivity index is 1.83. The van der Waals surface area contributed by atoms with Crippen LogP contribution in [0.5, 0.6) is 0 Å². The summed E-state index contributed by atoms with van der Waals surface area (Å²) < 4.78 is 5.43. The minimum atomic E-state index is 0.00258. The third kappa shape index (κ3) is 2.12. The van der Waals surface area contributed by atoms with E-state index in [1.165, 1.54) is 0 Å². The molecule has 0 fully saturated rings. The number of allylic oxidation sites excluding steroid dienone is 1. The zero-order valence-corrected chi connectivity index (χ0v) is 13.5. The molecule has 1 aliphatic rings. The number of aryl methyl sites for hydroxylation is 1. The molecule has 0 saturated carbocycles. The summed E-state index contributed by atoms with van der Waals surface area (Å²) in [5.41, 5.74) is 2.52. The van der Waals surface area contributed by atoms with Gasteiger partial charge in [0.1, 0.15) is 5.82 Å². The van der Waals surface area contributed by atoms with Crippen LogP contribution >= 0.6 is 0 Å². The molecule has 122 valence electrons. The van der Waals surface area contributed by atoms with Gasteiger partial charge in [-0.15, -0.1) is 6.58 Å². The van der Waals surface area contributed by atoms with Crippen LogP contribution in [0.2, 0.25) is 0 Å². The molecule has 3 aromatic rings. The maximum absolute atomic E-state index is 12.8. The third-order valence-electron chi connectivity index (χ3n) is 4.18. The smallest absolute Gasteiger partial charge is 0.260 e. The second-order valence-corrected chi connectivity index (χ2v) is 5.83. The van der Waals surface area contributed by atoms with Crippen LogP contribution in [0.3, 0.4) is 0 Å². The first-order chi connectivity index (χ1) is 11.7. The van der Waals surface area contributed by atoms with Gasteiger partial charge >= 0.3 is 0 Å². The van der Waals surface area contributed by atoms with Gasteiger partial charge in [-0.25, -0.2) is 9.98 Å². The van der Waals surface area contributed by atoms with Crippen LogP contribution in [0.15, 0.2) is 47.2 Å². The van der Waals surface area contributed by atoms with Gasteiger partial charge in [0.25, 0.3) is 5.56 Å². The first-order valence-corrected chi connectivity index (χ1v) is 8.03. The lowest BCUT2D eigenvalue weighted by atomic mass is 10.1. The normalized spacial score (nSPS) is 13.3. The van der Waals surface area contributed by atoms with Crippen LogP contribution < -0.4 is 5.56 Å². The quantitative estimate of drug-likeness (QED) is 0.674. The van der Waals surface area contributed by atoms with E-state index >= 15 is 0 Å². The molecule has 0 radical (unpaired) electrons. The van der Waals surface area contributed by atoms with E-state index in [0.717, 1.165) is 23.3 Å². The second kappa shape index (κ2) is 5.59. The maximum atomic E-state index is 12.8. The molecule has 1 aliphatic heterocycles. The molecule has 24 heavy (non-hydrogen) atoms. The van der Waals surface area contributed by atoms with Crippen molar-refractivity contribution in [3.8, 4) is 0 Å². The molecule has 0 spiro atoms. The van der Waals surface area contributed by atoms with E-state index in [1.807, 2.05) is 16.8 Å². The minimum Gasteiger partial charge on any atom is -0.278 e. The molecular weight excluding hydrogens is 304 g/mol. The van der Waals surface area contributed by atoms with Gasteiger partial charge < -0.3 is 0 Å². The number of imidazole rings is 1. The van der Waals surface area contributed by atoms with Gasteiger partial charge in [-0.1, -0.05) is 13.0 Å². The van der Waals surface area contributed by atoms with Crippen molar-refractivity contribution in [2.45, 2.75) is 32.9 Å². The van der Waals surface area contributed by atoms with E-state index in [1.54, 1.807) is 27.7 Å². The van der Waals surface area contributed by atoms with Crippen molar-refractivity contribution in [1.29, 1.82) is 0 Å². The molecule has 0 bridgehead atoms. The summed E-state index contributed by atoms with van der Waals surface area (Å²) in [5.74, 6) is 1.33. The fourth-order valence-electron chi connectivity index (χ4n) is 3.10. The average molecular weight is 322 g/mol. The highest BCUT2D eigenvalue weighted by molar-refractivity contribution is 6.05. The molecular formula is C17H18N6O. The molecule has 0 unspecified atom stereocenters. The number of nitrogens with zero attached hydrogens (tertiary/aromatic N) is 6. The number of hydrogen-bond acceptors (Lipinski definition) is 4. The highest BCUT2D eigenvalue weighted by atomic mass is 16.1. The highest BCUT2D eigenvalue weighted by Crippen LogP contribution is 2.27.